The van der Waals surface area contributed by atoms with Crippen LogP contribution in [0.4, 0.5) is 5.69 Å². The Kier molecular flexibility index (Phi) is 3.33. The van der Waals surface area contributed by atoms with Crippen LogP contribution in [-0.2, 0) is 0 Å². The van der Waals surface area contributed by atoms with Gasteiger partial charge in [-0.3, -0.25) is 4.79 Å². The van der Waals surface area contributed by atoms with E-state index in [-0.39, 0.29) is 11.9 Å². The van der Waals surface area contributed by atoms with Crippen molar-refractivity contribution in [1.82, 2.24) is 0 Å². The molecule has 0 aliphatic heterocycles. The van der Waals surface area contributed by atoms with Gasteiger partial charge in [0.1, 0.15) is 0 Å². The van der Waals surface area contributed by atoms with Crippen LogP contribution < -0.4 is 16.8 Å². The van der Waals surface area contributed by atoms with E-state index in [1.807, 2.05) is 19.1 Å². The lowest BCUT2D eigenvalue weighted by Crippen LogP contribution is -2.35. The summed E-state index contributed by atoms with van der Waals surface area (Å²) in [6.45, 7) is 1.89. The quantitative estimate of drug-likeness (QED) is 0.738. The normalized spacial score (nSPS) is 23.6. The fourth-order valence-electron chi connectivity index (χ4n) is 2.41. The minimum atomic E-state index is -0.383. The first-order chi connectivity index (χ1) is 8.08. The van der Waals surface area contributed by atoms with Crippen LogP contribution in [0.25, 0.3) is 0 Å². The molecular weight excluding hydrogens is 214 g/mol. The predicted molar refractivity (Wildman–Crippen MR) is 68.9 cm³/mol. The number of benzene rings is 1. The molecular formula is C13H19N3O. The molecule has 0 heterocycles. The van der Waals surface area contributed by atoms with Crippen LogP contribution in [0.2, 0.25) is 0 Å². The fraction of sp³-hybridized carbons (Fsp3) is 0.462. The summed E-state index contributed by atoms with van der Waals surface area (Å²) in [6, 6.07) is 6.17. The van der Waals surface area contributed by atoms with Crippen molar-refractivity contribution in [3.63, 3.8) is 0 Å². The Bertz CT molecular complexity index is 431. The highest BCUT2D eigenvalue weighted by molar-refractivity contribution is 5.94. The molecule has 2 unspecified atom stereocenters. The second-order valence-electron chi connectivity index (χ2n) is 4.74. The third-order valence-electron chi connectivity index (χ3n) is 3.41. The molecule has 1 saturated carbocycles. The van der Waals surface area contributed by atoms with Crippen molar-refractivity contribution in [2.75, 3.05) is 5.32 Å². The first kappa shape index (κ1) is 11.9. The number of aryl methyl sites for hydroxylation is 1. The van der Waals surface area contributed by atoms with E-state index in [0.29, 0.717) is 11.6 Å². The summed E-state index contributed by atoms with van der Waals surface area (Å²) < 4.78 is 0. The third kappa shape index (κ3) is 2.58. The van der Waals surface area contributed by atoms with Crippen molar-refractivity contribution in [3.05, 3.63) is 29.3 Å². The number of carbonyl (C=O) groups is 1. The average molecular weight is 233 g/mol. The van der Waals surface area contributed by atoms with Crippen molar-refractivity contribution in [2.45, 2.75) is 38.3 Å². The molecule has 0 saturated heterocycles. The lowest BCUT2D eigenvalue weighted by Gasteiger charge is -2.19. The van der Waals surface area contributed by atoms with Crippen LogP contribution in [0.5, 0.6) is 0 Å². The van der Waals surface area contributed by atoms with E-state index in [1.54, 1.807) is 6.07 Å². The maximum atomic E-state index is 11.1. The zero-order valence-electron chi connectivity index (χ0n) is 10.1. The highest BCUT2D eigenvalue weighted by atomic mass is 16.1. The van der Waals surface area contributed by atoms with Crippen molar-refractivity contribution in [3.8, 4) is 0 Å². The number of hydrogen-bond donors (Lipinski definition) is 3. The van der Waals surface area contributed by atoms with Gasteiger partial charge in [0, 0.05) is 23.3 Å². The molecule has 4 nitrogen and oxygen atoms in total. The predicted octanol–water partition coefficient (Wildman–Crippen LogP) is 1.39. The summed E-state index contributed by atoms with van der Waals surface area (Å²) in [4.78, 5) is 11.1. The molecule has 1 fully saturated rings. The molecule has 1 aromatic rings. The maximum Gasteiger partial charge on any atom is 0.248 e. The van der Waals surface area contributed by atoms with Gasteiger partial charge >= 0.3 is 0 Å². The summed E-state index contributed by atoms with van der Waals surface area (Å²) in [5.74, 6) is -0.383. The molecule has 1 amide bonds. The molecule has 2 rings (SSSR count). The molecule has 1 aromatic carbocycles. The van der Waals surface area contributed by atoms with Gasteiger partial charge < -0.3 is 16.8 Å². The van der Waals surface area contributed by atoms with Crippen LogP contribution in [0.3, 0.4) is 0 Å². The van der Waals surface area contributed by atoms with E-state index in [9.17, 15) is 4.79 Å². The number of amides is 1. The summed E-state index contributed by atoms with van der Waals surface area (Å²) in [6.07, 6.45) is 3.37. The molecule has 0 bridgehead atoms. The molecule has 0 spiro atoms. The Morgan fingerprint density at radius 3 is 2.71 bits per heavy atom. The van der Waals surface area contributed by atoms with Gasteiger partial charge in [0.25, 0.3) is 0 Å². The first-order valence-corrected chi connectivity index (χ1v) is 6.00. The van der Waals surface area contributed by atoms with Crippen molar-refractivity contribution in [2.24, 2.45) is 11.5 Å². The molecule has 4 heteroatoms. The van der Waals surface area contributed by atoms with Gasteiger partial charge in [-0.2, -0.15) is 0 Å². The molecule has 92 valence electrons. The Hall–Kier alpha value is -1.55. The van der Waals surface area contributed by atoms with E-state index in [2.05, 4.69) is 5.32 Å². The largest absolute Gasteiger partial charge is 0.381 e. The van der Waals surface area contributed by atoms with Gasteiger partial charge in [-0.15, -0.1) is 0 Å². The SMILES string of the molecule is Cc1cc(NC2CCCC2N)ccc1C(N)=O. The Morgan fingerprint density at radius 2 is 2.18 bits per heavy atom. The summed E-state index contributed by atoms with van der Waals surface area (Å²) in [5.41, 5.74) is 13.8. The standard InChI is InChI=1S/C13H19N3O/c1-8-7-9(5-6-10(8)13(15)17)16-12-4-2-3-11(12)14/h5-7,11-12,16H,2-4,14H2,1H3,(H2,15,17). The number of carbonyl (C=O) groups excluding carboxylic acids is 1. The van der Waals surface area contributed by atoms with Crippen LogP contribution in [0.15, 0.2) is 18.2 Å². The second kappa shape index (κ2) is 4.75. The Balaban J connectivity index is 2.12. The summed E-state index contributed by atoms with van der Waals surface area (Å²) >= 11 is 0. The van der Waals surface area contributed by atoms with Gasteiger partial charge in [-0.1, -0.05) is 0 Å². The lowest BCUT2D eigenvalue weighted by molar-refractivity contribution is 0.1000. The van der Waals surface area contributed by atoms with Crippen LogP contribution in [-0.4, -0.2) is 18.0 Å². The van der Waals surface area contributed by atoms with Crippen LogP contribution in [0.1, 0.15) is 35.2 Å². The van der Waals surface area contributed by atoms with E-state index in [1.165, 1.54) is 6.42 Å². The van der Waals surface area contributed by atoms with E-state index < -0.39 is 0 Å². The zero-order valence-corrected chi connectivity index (χ0v) is 10.1. The minimum absolute atomic E-state index is 0.228. The molecule has 1 aliphatic rings. The number of primary amides is 1. The lowest BCUT2D eigenvalue weighted by atomic mass is 10.1. The average Bonchev–Trinajstić information content (AvgIpc) is 2.64. The van der Waals surface area contributed by atoms with Gasteiger partial charge in [-0.25, -0.2) is 0 Å². The summed E-state index contributed by atoms with van der Waals surface area (Å²) in [7, 11) is 0. The molecule has 0 radical (unpaired) electrons. The molecule has 5 N–H and O–H groups in total. The minimum Gasteiger partial charge on any atom is -0.381 e. The third-order valence-corrected chi connectivity index (χ3v) is 3.41. The molecule has 17 heavy (non-hydrogen) atoms. The highest BCUT2D eigenvalue weighted by Crippen LogP contribution is 2.23. The smallest absolute Gasteiger partial charge is 0.248 e. The van der Waals surface area contributed by atoms with E-state index in [4.69, 9.17) is 11.5 Å². The van der Waals surface area contributed by atoms with Gasteiger partial charge in [-0.05, 0) is 49.9 Å². The number of nitrogens with two attached hydrogens (primary N) is 2. The van der Waals surface area contributed by atoms with Gasteiger partial charge in [0.15, 0.2) is 0 Å². The molecule has 0 aromatic heterocycles. The van der Waals surface area contributed by atoms with E-state index in [0.717, 1.165) is 24.1 Å². The number of anilines is 1. The Morgan fingerprint density at radius 1 is 1.41 bits per heavy atom. The van der Waals surface area contributed by atoms with Crippen LogP contribution in [0, 0.1) is 6.92 Å². The van der Waals surface area contributed by atoms with Crippen molar-refractivity contribution in [1.29, 1.82) is 0 Å². The number of rotatable bonds is 3. The van der Waals surface area contributed by atoms with Crippen molar-refractivity contribution >= 4 is 11.6 Å². The van der Waals surface area contributed by atoms with Gasteiger partial charge in [0.2, 0.25) is 5.91 Å². The first-order valence-electron chi connectivity index (χ1n) is 6.00. The number of nitrogens with one attached hydrogen (secondary N) is 1. The van der Waals surface area contributed by atoms with Crippen LogP contribution >= 0.6 is 0 Å². The molecule has 1 aliphatic carbocycles. The fourth-order valence-corrected chi connectivity index (χ4v) is 2.41. The number of hydrogen-bond acceptors (Lipinski definition) is 3. The monoisotopic (exact) mass is 233 g/mol. The second-order valence-corrected chi connectivity index (χ2v) is 4.74. The Labute approximate surface area is 101 Å². The topological polar surface area (TPSA) is 81.1 Å². The maximum absolute atomic E-state index is 11.1. The van der Waals surface area contributed by atoms with Crippen molar-refractivity contribution < 1.29 is 4.79 Å². The zero-order chi connectivity index (χ0) is 12.4. The molecule has 2 atom stereocenters. The van der Waals surface area contributed by atoms with E-state index >= 15 is 0 Å². The highest BCUT2D eigenvalue weighted by Gasteiger charge is 2.23. The van der Waals surface area contributed by atoms with Gasteiger partial charge in [0.05, 0.1) is 0 Å². The summed E-state index contributed by atoms with van der Waals surface area (Å²) in [5, 5.41) is 3.42.